The van der Waals surface area contributed by atoms with Crippen molar-refractivity contribution in [3.05, 3.63) is 0 Å². The van der Waals surface area contributed by atoms with E-state index in [1.54, 1.807) is 0 Å². The van der Waals surface area contributed by atoms with Crippen molar-refractivity contribution in [1.82, 2.24) is 0 Å². The summed E-state index contributed by atoms with van der Waals surface area (Å²) in [6, 6.07) is 0. The maximum atomic E-state index is 12.1. The van der Waals surface area contributed by atoms with Crippen molar-refractivity contribution in [2.24, 2.45) is 5.92 Å². The molecule has 0 amide bonds. The van der Waals surface area contributed by atoms with E-state index in [1.165, 1.54) is 0 Å². The number of fused-ring (bicyclic) bond motifs is 1. The van der Waals surface area contributed by atoms with Crippen LogP contribution < -0.4 is 0 Å². The maximum absolute atomic E-state index is 12.1. The maximum Gasteiger partial charge on any atom is 0.523 e. The number of hydrogen-bond acceptors (Lipinski definition) is 5. The Balaban J connectivity index is 2.07. The number of alkyl halides is 3. The van der Waals surface area contributed by atoms with Gasteiger partial charge in [-0.05, 0) is 0 Å². The zero-order valence-corrected chi connectivity index (χ0v) is 9.62. The summed E-state index contributed by atoms with van der Waals surface area (Å²) >= 11 is 0. The van der Waals surface area contributed by atoms with E-state index in [9.17, 15) is 21.6 Å². The van der Waals surface area contributed by atoms with Crippen LogP contribution in [0.4, 0.5) is 13.2 Å². The largest absolute Gasteiger partial charge is 0.523 e. The van der Waals surface area contributed by atoms with E-state index in [4.69, 9.17) is 9.47 Å². The van der Waals surface area contributed by atoms with Crippen LogP contribution in [0.3, 0.4) is 0 Å². The average molecular weight is 276 g/mol. The second-order valence-corrected chi connectivity index (χ2v) is 5.67. The van der Waals surface area contributed by atoms with Gasteiger partial charge in [-0.3, -0.25) is 4.18 Å². The molecule has 17 heavy (non-hydrogen) atoms. The van der Waals surface area contributed by atoms with Gasteiger partial charge in [0.15, 0.2) is 0 Å². The summed E-state index contributed by atoms with van der Waals surface area (Å²) in [7, 11) is -5.60. The molecule has 0 aromatic rings. The van der Waals surface area contributed by atoms with Crippen LogP contribution in [0.5, 0.6) is 0 Å². The van der Waals surface area contributed by atoms with Crippen LogP contribution in [0.25, 0.3) is 0 Å². The summed E-state index contributed by atoms with van der Waals surface area (Å²) in [5.74, 6) is 0.0159. The third-order valence-corrected chi connectivity index (χ3v) is 3.86. The lowest BCUT2D eigenvalue weighted by atomic mass is 10.0. The highest BCUT2D eigenvalue weighted by Crippen LogP contribution is 2.35. The Bertz CT molecular complexity index is 392. The molecule has 2 aliphatic heterocycles. The molecular weight excluding hydrogens is 265 g/mol. The van der Waals surface area contributed by atoms with Crippen molar-refractivity contribution in [1.29, 1.82) is 0 Å². The summed E-state index contributed by atoms with van der Waals surface area (Å²) in [6.07, 6.45) is -2.37. The lowest BCUT2D eigenvalue weighted by molar-refractivity contribution is -0.0624. The highest BCUT2D eigenvalue weighted by atomic mass is 32.2. The van der Waals surface area contributed by atoms with Gasteiger partial charge in [-0.1, -0.05) is 6.92 Å². The van der Waals surface area contributed by atoms with Gasteiger partial charge in [-0.25, -0.2) is 0 Å². The van der Waals surface area contributed by atoms with Gasteiger partial charge in [0.25, 0.3) is 0 Å². The Labute approximate surface area is 96.0 Å². The molecule has 0 radical (unpaired) electrons. The van der Waals surface area contributed by atoms with Gasteiger partial charge in [0.1, 0.15) is 12.2 Å². The molecule has 0 aliphatic carbocycles. The smallest absolute Gasteiger partial charge is 0.372 e. The van der Waals surface area contributed by atoms with Crippen LogP contribution in [-0.2, 0) is 23.8 Å². The molecule has 100 valence electrons. The number of rotatable bonds is 2. The summed E-state index contributed by atoms with van der Waals surface area (Å²) in [5, 5.41) is 0. The topological polar surface area (TPSA) is 61.8 Å². The zero-order chi connectivity index (χ0) is 12.8. The molecule has 0 saturated carbocycles. The molecule has 2 fully saturated rings. The minimum Gasteiger partial charge on any atom is -0.372 e. The van der Waals surface area contributed by atoms with Gasteiger partial charge in [-0.15, -0.1) is 0 Å². The van der Waals surface area contributed by atoms with Gasteiger partial charge in [0.05, 0.1) is 19.3 Å². The Kier molecular flexibility index (Phi) is 3.13. The SMILES string of the molecule is C[C@@H]1COC2C1OC[C@H]2OS(=O)(=O)C(F)(F)F. The predicted molar refractivity (Wildman–Crippen MR) is 48.5 cm³/mol. The molecule has 0 aromatic heterocycles. The highest BCUT2D eigenvalue weighted by molar-refractivity contribution is 7.87. The van der Waals surface area contributed by atoms with Crippen molar-refractivity contribution < 1.29 is 35.2 Å². The van der Waals surface area contributed by atoms with Gasteiger partial charge >= 0.3 is 15.6 Å². The Hall–Kier alpha value is -0.380. The second-order valence-electron chi connectivity index (χ2n) is 4.11. The fraction of sp³-hybridized carbons (Fsp3) is 1.00. The van der Waals surface area contributed by atoms with Crippen LogP contribution >= 0.6 is 0 Å². The van der Waals surface area contributed by atoms with Crippen LogP contribution in [0.2, 0.25) is 0 Å². The summed E-state index contributed by atoms with van der Waals surface area (Å²) < 4.78 is 72.5. The first-order chi connectivity index (χ1) is 7.72. The molecule has 0 N–H and O–H groups in total. The number of ether oxygens (including phenoxy) is 2. The van der Waals surface area contributed by atoms with Crippen molar-refractivity contribution in [2.75, 3.05) is 13.2 Å². The van der Waals surface area contributed by atoms with E-state index < -0.39 is 33.9 Å². The molecule has 0 aromatic carbocycles. The quantitative estimate of drug-likeness (QED) is 0.547. The lowest BCUT2D eigenvalue weighted by Crippen LogP contribution is -2.37. The van der Waals surface area contributed by atoms with E-state index in [0.29, 0.717) is 6.61 Å². The Morgan fingerprint density at radius 2 is 1.76 bits per heavy atom. The minimum atomic E-state index is -5.60. The lowest BCUT2D eigenvalue weighted by Gasteiger charge is -2.17. The molecule has 9 heteroatoms. The summed E-state index contributed by atoms with van der Waals surface area (Å²) in [4.78, 5) is 0. The van der Waals surface area contributed by atoms with Gasteiger partial charge in [-0.2, -0.15) is 21.6 Å². The van der Waals surface area contributed by atoms with E-state index >= 15 is 0 Å². The minimum absolute atomic E-state index is 0.0159. The van der Waals surface area contributed by atoms with Gasteiger partial charge < -0.3 is 9.47 Å². The monoisotopic (exact) mass is 276 g/mol. The molecule has 5 nitrogen and oxygen atoms in total. The van der Waals surface area contributed by atoms with Gasteiger partial charge in [0, 0.05) is 5.92 Å². The van der Waals surface area contributed by atoms with Crippen molar-refractivity contribution in [2.45, 2.75) is 30.7 Å². The highest BCUT2D eigenvalue weighted by Gasteiger charge is 2.54. The molecule has 2 heterocycles. The molecule has 2 rings (SSSR count). The Morgan fingerprint density at radius 3 is 2.35 bits per heavy atom. The van der Waals surface area contributed by atoms with E-state index in [0.717, 1.165) is 0 Å². The van der Waals surface area contributed by atoms with E-state index in [2.05, 4.69) is 4.18 Å². The third kappa shape index (κ3) is 2.28. The van der Waals surface area contributed by atoms with Crippen molar-refractivity contribution >= 4 is 10.1 Å². The first kappa shape index (κ1) is 13.1. The first-order valence-electron chi connectivity index (χ1n) is 4.95. The molecule has 0 spiro atoms. The molecule has 4 atom stereocenters. The molecule has 0 bridgehead atoms. The number of hydrogen-bond donors (Lipinski definition) is 0. The standard InChI is InChI=1S/C8H11F3O5S/c1-4-2-14-7-5(3-15-6(4)7)16-17(12,13)8(9,10)11/h4-7H,2-3H2,1H3/t4-,5-,6?,7?/m1/s1. The van der Waals surface area contributed by atoms with E-state index in [1.807, 2.05) is 6.92 Å². The summed E-state index contributed by atoms with van der Waals surface area (Å²) in [6.45, 7) is 1.92. The normalized spacial score (nSPS) is 38.4. The average Bonchev–Trinajstić information content (AvgIpc) is 2.70. The van der Waals surface area contributed by atoms with Crippen LogP contribution in [0, 0.1) is 5.92 Å². The fourth-order valence-corrected chi connectivity index (χ4v) is 2.55. The first-order valence-corrected chi connectivity index (χ1v) is 6.36. The van der Waals surface area contributed by atoms with Crippen LogP contribution in [0.15, 0.2) is 0 Å². The van der Waals surface area contributed by atoms with Crippen molar-refractivity contribution in [3.8, 4) is 0 Å². The molecule has 2 saturated heterocycles. The predicted octanol–water partition coefficient (Wildman–Crippen LogP) is 0.655. The van der Waals surface area contributed by atoms with Crippen molar-refractivity contribution in [3.63, 3.8) is 0 Å². The van der Waals surface area contributed by atoms with Gasteiger partial charge in [0.2, 0.25) is 0 Å². The van der Waals surface area contributed by atoms with Crippen LogP contribution in [-0.4, -0.2) is 45.5 Å². The second kappa shape index (κ2) is 4.08. The number of halogens is 3. The fourth-order valence-electron chi connectivity index (χ4n) is 1.95. The molecule has 2 unspecified atom stereocenters. The zero-order valence-electron chi connectivity index (χ0n) is 8.81. The molecular formula is C8H11F3O5S. The Morgan fingerprint density at radius 1 is 1.18 bits per heavy atom. The van der Waals surface area contributed by atoms with Crippen LogP contribution in [0.1, 0.15) is 6.92 Å². The third-order valence-electron chi connectivity index (χ3n) is 2.79. The molecule has 2 aliphatic rings. The summed E-state index contributed by atoms with van der Waals surface area (Å²) in [5.41, 5.74) is -5.42. The van der Waals surface area contributed by atoms with E-state index in [-0.39, 0.29) is 12.5 Å².